The fraction of sp³-hybridized carbons (Fsp3) is 0.267. The number of nitrogens with one attached hydrogen (secondary N) is 1. The monoisotopic (exact) mass is 334 g/mol. The third-order valence-electron chi connectivity index (χ3n) is 3.72. The van der Waals surface area contributed by atoms with E-state index in [9.17, 15) is 14.0 Å². The number of nitrogens with zero attached hydrogens (tertiary/aromatic N) is 2. The van der Waals surface area contributed by atoms with Crippen molar-refractivity contribution in [3.05, 3.63) is 35.5 Å². The van der Waals surface area contributed by atoms with E-state index in [4.69, 9.17) is 5.73 Å². The number of carbonyl (C=O) groups excluding carboxylic acids is 2. The zero-order chi connectivity index (χ0) is 16.4. The van der Waals surface area contributed by atoms with Crippen LogP contribution in [0.1, 0.15) is 6.42 Å². The first-order chi connectivity index (χ1) is 11.0. The molecule has 6 nitrogen and oxygen atoms in total. The number of amides is 3. The van der Waals surface area contributed by atoms with Gasteiger partial charge in [-0.15, -0.1) is 11.3 Å². The maximum absolute atomic E-state index is 13.2. The number of hydrogen-bond acceptors (Lipinski definition) is 4. The van der Waals surface area contributed by atoms with Crippen LogP contribution >= 0.6 is 11.3 Å². The second-order valence-electron chi connectivity index (χ2n) is 5.31. The number of hydrogen-bond donors (Lipinski definition) is 2. The Kier molecular flexibility index (Phi) is 4.24. The Morgan fingerprint density at radius 2 is 2.26 bits per heavy atom. The number of thiazole rings is 1. The van der Waals surface area contributed by atoms with Gasteiger partial charge in [-0.3, -0.25) is 10.1 Å². The van der Waals surface area contributed by atoms with Crippen molar-refractivity contribution in [3.63, 3.8) is 0 Å². The molecule has 3 N–H and O–H groups in total. The smallest absolute Gasteiger partial charge is 0.323 e. The number of halogens is 1. The van der Waals surface area contributed by atoms with Gasteiger partial charge in [0.15, 0.2) is 5.13 Å². The summed E-state index contributed by atoms with van der Waals surface area (Å²) < 4.78 is 13.2. The summed E-state index contributed by atoms with van der Waals surface area (Å²) in [7, 11) is 0. The average Bonchev–Trinajstić information content (AvgIpc) is 3.16. The van der Waals surface area contributed by atoms with Crippen LogP contribution < -0.4 is 11.1 Å². The van der Waals surface area contributed by atoms with Crippen LogP contribution in [0.15, 0.2) is 29.6 Å². The van der Waals surface area contributed by atoms with Crippen molar-refractivity contribution in [1.29, 1.82) is 0 Å². The van der Waals surface area contributed by atoms with Gasteiger partial charge in [0.1, 0.15) is 5.82 Å². The van der Waals surface area contributed by atoms with Gasteiger partial charge in [-0.1, -0.05) is 12.1 Å². The van der Waals surface area contributed by atoms with Crippen LogP contribution in [-0.4, -0.2) is 34.9 Å². The van der Waals surface area contributed by atoms with Crippen molar-refractivity contribution in [2.24, 2.45) is 11.7 Å². The van der Waals surface area contributed by atoms with Crippen LogP contribution in [0.3, 0.4) is 0 Å². The number of rotatable bonds is 3. The summed E-state index contributed by atoms with van der Waals surface area (Å²) in [5.41, 5.74) is 6.50. The Bertz CT molecular complexity index is 749. The molecule has 23 heavy (non-hydrogen) atoms. The van der Waals surface area contributed by atoms with Crippen molar-refractivity contribution in [3.8, 4) is 11.3 Å². The molecule has 3 rings (SSSR count). The second kappa shape index (κ2) is 6.33. The predicted molar refractivity (Wildman–Crippen MR) is 85.4 cm³/mol. The van der Waals surface area contributed by atoms with Gasteiger partial charge >= 0.3 is 6.03 Å². The van der Waals surface area contributed by atoms with E-state index >= 15 is 0 Å². The van der Waals surface area contributed by atoms with Crippen LogP contribution in [0.4, 0.5) is 14.3 Å². The first kappa shape index (κ1) is 15.4. The highest BCUT2D eigenvalue weighted by atomic mass is 32.1. The molecule has 1 aromatic heterocycles. The lowest BCUT2D eigenvalue weighted by Crippen LogP contribution is -2.34. The molecule has 2 heterocycles. The van der Waals surface area contributed by atoms with Gasteiger partial charge in [0.05, 0.1) is 11.6 Å². The third kappa shape index (κ3) is 3.48. The Labute approximate surface area is 136 Å². The van der Waals surface area contributed by atoms with Crippen molar-refractivity contribution < 1.29 is 14.0 Å². The lowest BCUT2D eigenvalue weighted by molar-refractivity contribution is -0.121. The third-order valence-corrected chi connectivity index (χ3v) is 4.47. The Morgan fingerprint density at radius 3 is 2.96 bits per heavy atom. The van der Waals surface area contributed by atoms with Crippen LogP contribution in [0.25, 0.3) is 11.3 Å². The molecule has 0 saturated carbocycles. The van der Waals surface area contributed by atoms with E-state index in [0.717, 1.165) is 0 Å². The summed E-state index contributed by atoms with van der Waals surface area (Å²) in [6.07, 6.45) is 0.579. The molecule has 0 bridgehead atoms. The number of nitrogens with two attached hydrogens (primary N) is 1. The SMILES string of the molecule is NC(=O)C1CCN(C(=O)Nc2nc(-c3cccc(F)c3)cs2)C1. The number of carbonyl (C=O) groups is 2. The molecule has 1 saturated heterocycles. The highest BCUT2D eigenvalue weighted by Gasteiger charge is 2.29. The van der Waals surface area contributed by atoms with Crippen molar-refractivity contribution in [2.45, 2.75) is 6.42 Å². The highest BCUT2D eigenvalue weighted by molar-refractivity contribution is 7.14. The average molecular weight is 334 g/mol. The van der Waals surface area contributed by atoms with Crippen molar-refractivity contribution in [2.75, 3.05) is 18.4 Å². The number of aromatic nitrogens is 1. The standard InChI is InChI=1S/C15H15FN4O2S/c16-11-3-1-2-9(6-11)12-8-23-14(18-12)19-15(22)20-5-4-10(7-20)13(17)21/h1-3,6,8,10H,4-5,7H2,(H2,17,21)(H,18,19,22). The zero-order valence-corrected chi connectivity index (χ0v) is 13.0. The summed E-state index contributed by atoms with van der Waals surface area (Å²) in [6.45, 7) is 0.810. The van der Waals surface area contributed by atoms with Gasteiger partial charge in [-0.25, -0.2) is 14.2 Å². The van der Waals surface area contributed by atoms with E-state index in [1.807, 2.05) is 0 Å². The number of urea groups is 1. The molecule has 1 fully saturated rings. The molecule has 0 spiro atoms. The summed E-state index contributed by atoms with van der Waals surface area (Å²) in [4.78, 5) is 29.1. The molecule has 0 aliphatic carbocycles. The van der Waals surface area contributed by atoms with Crippen LogP contribution in [0.2, 0.25) is 0 Å². The van der Waals surface area contributed by atoms with Crippen molar-refractivity contribution in [1.82, 2.24) is 9.88 Å². The minimum Gasteiger partial charge on any atom is -0.369 e. The highest BCUT2D eigenvalue weighted by Crippen LogP contribution is 2.26. The number of primary amides is 1. The molecule has 2 aromatic rings. The molecular formula is C15H15FN4O2S. The normalized spacial score (nSPS) is 17.3. The zero-order valence-electron chi connectivity index (χ0n) is 12.2. The molecule has 1 aromatic carbocycles. The molecule has 1 aliphatic heterocycles. The minimum absolute atomic E-state index is 0.292. The lowest BCUT2D eigenvalue weighted by Gasteiger charge is -2.15. The number of benzene rings is 1. The molecule has 120 valence electrons. The summed E-state index contributed by atoms with van der Waals surface area (Å²) in [5, 5.41) is 4.87. The van der Waals surface area contributed by atoms with Gasteiger partial charge in [0.2, 0.25) is 5.91 Å². The summed E-state index contributed by atoms with van der Waals surface area (Å²) in [6, 6.07) is 5.80. The fourth-order valence-corrected chi connectivity index (χ4v) is 3.17. The molecule has 1 atom stereocenters. The summed E-state index contributed by atoms with van der Waals surface area (Å²) in [5.74, 6) is -1.02. The molecular weight excluding hydrogens is 319 g/mol. The van der Waals surface area contributed by atoms with E-state index in [1.54, 1.807) is 22.4 Å². The fourth-order valence-electron chi connectivity index (χ4n) is 2.46. The Morgan fingerprint density at radius 1 is 1.43 bits per heavy atom. The maximum Gasteiger partial charge on any atom is 0.323 e. The van der Waals surface area contributed by atoms with Gasteiger partial charge in [-0.05, 0) is 18.6 Å². The largest absolute Gasteiger partial charge is 0.369 e. The first-order valence-corrected chi connectivity index (χ1v) is 7.97. The molecule has 0 radical (unpaired) electrons. The maximum atomic E-state index is 13.2. The number of likely N-dealkylation sites (tertiary alicyclic amines) is 1. The topological polar surface area (TPSA) is 88.3 Å². The molecule has 8 heteroatoms. The Balaban J connectivity index is 1.65. The Hall–Kier alpha value is -2.48. The minimum atomic E-state index is -0.386. The predicted octanol–water partition coefficient (Wildman–Crippen LogP) is 2.29. The van der Waals surface area contributed by atoms with Crippen LogP contribution in [0.5, 0.6) is 0 Å². The lowest BCUT2D eigenvalue weighted by atomic mass is 10.1. The molecule has 3 amide bonds. The summed E-state index contributed by atoms with van der Waals surface area (Å²) >= 11 is 1.26. The first-order valence-electron chi connectivity index (χ1n) is 7.09. The number of anilines is 1. The molecule has 1 aliphatic rings. The van der Waals surface area contributed by atoms with E-state index in [1.165, 1.54) is 23.5 Å². The van der Waals surface area contributed by atoms with E-state index < -0.39 is 0 Å². The van der Waals surface area contributed by atoms with Gasteiger partial charge in [0, 0.05) is 24.0 Å². The van der Waals surface area contributed by atoms with Crippen molar-refractivity contribution >= 4 is 28.4 Å². The quantitative estimate of drug-likeness (QED) is 0.902. The van der Waals surface area contributed by atoms with Gasteiger partial charge in [0.25, 0.3) is 0 Å². The van der Waals surface area contributed by atoms with E-state index in [0.29, 0.717) is 35.9 Å². The van der Waals surface area contributed by atoms with E-state index in [-0.39, 0.29) is 23.7 Å². The van der Waals surface area contributed by atoms with Crippen LogP contribution in [0, 0.1) is 11.7 Å². The van der Waals surface area contributed by atoms with Gasteiger partial charge in [-0.2, -0.15) is 0 Å². The van der Waals surface area contributed by atoms with Gasteiger partial charge < -0.3 is 10.6 Å². The second-order valence-corrected chi connectivity index (χ2v) is 6.17. The van der Waals surface area contributed by atoms with E-state index in [2.05, 4.69) is 10.3 Å². The molecule has 1 unspecified atom stereocenters. The van der Waals surface area contributed by atoms with Crippen LogP contribution in [-0.2, 0) is 4.79 Å².